The number of amides is 1. The minimum atomic E-state index is -4.19. The molecule has 0 fully saturated rings. The van der Waals surface area contributed by atoms with Gasteiger partial charge in [-0.2, -0.15) is 8.42 Å². The fraction of sp³-hybridized carbons (Fsp3) is 0.188. The van der Waals surface area contributed by atoms with Crippen LogP contribution in [0.25, 0.3) is 11.1 Å². The average Bonchev–Trinajstić information content (AvgIpc) is 2.46. The topological polar surface area (TPSA) is 92.7 Å². The van der Waals surface area contributed by atoms with Gasteiger partial charge in [0, 0.05) is 5.69 Å². The van der Waals surface area contributed by atoms with Crippen LogP contribution in [0.3, 0.4) is 0 Å². The predicted molar refractivity (Wildman–Crippen MR) is 88.0 cm³/mol. The molecule has 6 nitrogen and oxygen atoms in total. The summed E-state index contributed by atoms with van der Waals surface area (Å²) in [6, 6.07) is 12.9. The maximum Gasteiger partial charge on any atom is 1.00 e. The number of hydrogen-bond acceptors (Lipinski definition) is 4. The summed E-state index contributed by atoms with van der Waals surface area (Å²) in [4.78, 5) is 11.3. The summed E-state index contributed by atoms with van der Waals surface area (Å²) in [6.45, 7) is 3.53. The van der Waals surface area contributed by atoms with Crippen molar-refractivity contribution in [1.29, 1.82) is 0 Å². The Morgan fingerprint density at radius 3 is 1.92 bits per heavy atom. The minimum absolute atomic E-state index is 0. The first-order valence-electron chi connectivity index (χ1n) is 6.91. The zero-order valence-corrected chi connectivity index (χ0v) is 16.5. The molecule has 2 aromatic rings. The van der Waals surface area contributed by atoms with Gasteiger partial charge >= 0.3 is 35.7 Å². The molecule has 0 saturated heterocycles. The third kappa shape index (κ3) is 5.92. The van der Waals surface area contributed by atoms with Crippen molar-refractivity contribution in [2.45, 2.75) is 24.8 Å². The third-order valence-electron chi connectivity index (χ3n) is 2.96. The van der Waals surface area contributed by atoms with Crippen molar-refractivity contribution in [3.63, 3.8) is 0 Å². The molecule has 2 N–H and O–H groups in total. The largest absolute Gasteiger partial charge is 1.00 e. The van der Waals surface area contributed by atoms with Crippen molar-refractivity contribution >= 4 is 21.9 Å². The first-order valence-corrected chi connectivity index (χ1v) is 8.35. The summed E-state index contributed by atoms with van der Waals surface area (Å²) in [7, 11) is -4.19. The molecule has 0 spiro atoms. The third-order valence-corrected chi connectivity index (χ3v) is 3.83. The molecule has 0 atom stereocenters. The Morgan fingerprint density at radius 1 is 1.04 bits per heavy atom. The summed E-state index contributed by atoms with van der Waals surface area (Å²) in [6.07, 6.45) is -0.721. The number of nitrogens with one attached hydrogen (secondary N) is 1. The monoisotopic (exact) mass is 359 g/mol. The van der Waals surface area contributed by atoms with E-state index in [2.05, 4.69) is 5.32 Å². The second kappa shape index (κ2) is 8.64. The summed E-state index contributed by atoms with van der Waals surface area (Å²) in [5.41, 5.74) is 2.22. The van der Waals surface area contributed by atoms with Crippen LogP contribution in [-0.2, 0) is 14.9 Å². The molecule has 1 amide bonds. The molecule has 24 heavy (non-hydrogen) atoms. The zero-order valence-electron chi connectivity index (χ0n) is 14.7. The van der Waals surface area contributed by atoms with Gasteiger partial charge in [-0.05, 0) is 49.2 Å². The van der Waals surface area contributed by atoms with Crippen LogP contribution in [0.4, 0.5) is 10.5 Å². The molecule has 0 aliphatic rings. The van der Waals surface area contributed by atoms with Crippen LogP contribution < -0.4 is 34.9 Å². The van der Waals surface area contributed by atoms with E-state index in [4.69, 9.17) is 9.29 Å². The number of benzene rings is 2. The second-order valence-electron chi connectivity index (χ2n) is 5.16. The van der Waals surface area contributed by atoms with Gasteiger partial charge in [-0.3, -0.25) is 9.87 Å². The van der Waals surface area contributed by atoms with Gasteiger partial charge in [0.25, 0.3) is 10.1 Å². The Balaban J connectivity index is 0.00000288. The first kappa shape index (κ1) is 20.7. The van der Waals surface area contributed by atoms with Crippen LogP contribution in [0, 0.1) is 0 Å². The van der Waals surface area contributed by atoms with Crippen LogP contribution in [0.2, 0.25) is 0 Å². The summed E-state index contributed by atoms with van der Waals surface area (Å²) in [5, 5.41) is 2.61. The quantitative estimate of drug-likeness (QED) is 0.618. The molecule has 0 aliphatic carbocycles. The van der Waals surface area contributed by atoms with Gasteiger partial charge in [-0.1, -0.05) is 24.3 Å². The van der Waals surface area contributed by atoms with E-state index in [1.54, 1.807) is 50.2 Å². The van der Waals surface area contributed by atoms with Gasteiger partial charge in [-0.15, -0.1) is 0 Å². The van der Waals surface area contributed by atoms with Crippen molar-refractivity contribution in [2.24, 2.45) is 0 Å². The Kier molecular flexibility index (Phi) is 7.44. The van der Waals surface area contributed by atoms with Crippen LogP contribution in [-0.4, -0.2) is 25.2 Å². The van der Waals surface area contributed by atoms with E-state index >= 15 is 0 Å². The van der Waals surface area contributed by atoms with E-state index in [1.165, 1.54) is 12.1 Å². The number of carbonyl (C=O) groups excluding carboxylic acids is 1. The van der Waals surface area contributed by atoms with Crippen LogP contribution in [0.5, 0.6) is 0 Å². The molecule has 0 heterocycles. The minimum Gasteiger partial charge on any atom is -1.00 e. The smallest absolute Gasteiger partial charge is 1.00 e. The fourth-order valence-electron chi connectivity index (χ4n) is 1.93. The molecule has 0 saturated carbocycles. The van der Waals surface area contributed by atoms with Gasteiger partial charge in [-0.25, -0.2) is 4.79 Å². The second-order valence-corrected chi connectivity index (χ2v) is 6.58. The van der Waals surface area contributed by atoms with Gasteiger partial charge in [0.2, 0.25) is 0 Å². The Labute approximate surface area is 164 Å². The molecule has 8 heteroatoms. The van der Waals surface area contributed by atoms with Crippen molar-refractivity contribution in [3.05, 3.63) is 48.5 Å². The van der Waals surface area contributed by atoms with Gasteiger partial charge in [0.05, 0.1) is 11.0 Å². The van der Waals surface area contributed by atoms with E-state index in [1.807, 2.05) is 0 Å². The standard InChI is InChI=1S/C16H17NO5S.Na.H/c1-11(2)22-16(18)17-14-7-3-12(4-8-14)13-5-9-15(10-6-13)23(19,20)21;;/h3-11H,1-2H3,(H,17,18)(H,19,20,21);;/q;+1;-1. The number of carbonyl (C=O) groups is 1. The first-order chi connectivity index (χ1) is 10.8. The van der Waals surface area contributed by atoms with Crippen molar-refractivity contribution < 1.29 is 53.5 Å². The summed E-state index contributed by atoms with van der Waals surface area (Å²) < 4.78 is 36.0. The van der Waals surface area contributed by atoms with Crippen molar-refractivity contribution in [1.82, 2.24) is 0 Å². The van der Waals surface area contributed by atoms with E-state index in [9.17, 15) is 13.2 Å². The SMILES string of the molecule is CC(C)OC(=O)Nc1ccc(-c2ccc(S(=O)(=O)O)cc2)cc1.[H-].[Na+]. The average molecular weight is 359 g/mol. The van der Waals surface area contributed by atoms with E-state index in [-0.39, 0.29) is 42.0 Å². The maximum atomic E-state index is 11.5. The molecule has 0 unspecified atom stereocenters. The molecule has 0 bridgehead atoms. The molecule has 2 rings (SSSR count). The van der Waals surface area contributed by atoms with Crippen molar-refractivity contribution in [3.8, 4) is 11.1 Å². The molecular formula is C16H18NNaO5S. The van der Waals surface area contributed by atoms with Gasteiger partial charge < -0.3 is 6.16 Å². The zero-order chi connectivity index (χ0) is 17.0. The van der Waals surface area contributed by atoms with Crippen LogP contribution in [0.15, 0.2) is 53.4 Å². The molecular weight excluding hydrogens is 341 g/mol. The number of hydrogen-bond donors (Lipinski definition) is 2. The van der Waals surface area contributed by atoms with Gasteiger partial charge in [0.1, 0.15) is 0 Å². The van der Waals surface area contributed by atoms with E-state index in [0.717, 1.165) is 11.1 Å². The fourth-order valence-corrected chi connectivity index (χ4v) is 2.41. The Hall–Kier alpha value is -1.38. The summed E-state index contributed by atoms with van der Waals surface area (Å²) >= 11 is 0. The molecule has 124 valence electrons. The maximum absolute atomic E-state index is 11.5. The molecule has 0 aromatic heterocycles. The Bertz CT molecular complexity index is 792. The number of rotatable bonds is 4. The van der Waals surface area contributed by atoms with Gasteiger partial charge in [0.15, 0.2) is 0 Å². The van der Waals surface area contributed by atoms with Crippen LogP contribution >= 0.6 is 0 Å². The molecule has 0 aliphatic heterocycles. The number of ether oxygens (including phenoxy) is 1. The Morgan fingerprint density at radius 2 is 1.50 bits per heavy atom. The normalized spacial score (nSPS) is 10.8. The van der Waals surface area contributed by atoms with Crippen LogP contribution in [0.1, 0.15) is 15.3 Å². The summed E-state index contributed by atoms with van der Waals surface area (Å²) in [5.74, 6) is 0. The van der Waals surface area contributed by atoms with E-state index in [0.29, 0.717) is 5.69 Å². The molecule has 2 aromatic carbocycles. The number of anilines is 1. The predicted octanol–water partition coefficient (Wildman–Crippen LogP) is 0.674. The molecule has 0 radical (unpaired) electrons. The van der Waals surface area contributed by atoms with E-state index < -0.39 is 16.2 Å². The van der Waals surface area contributed by atoms with Crippen molar-refractivity contribution in [2.75, 3.05) is 5.32 Å².